The first-order valence-electron chi connectivity index (χ1n) is 10.7. The standard InChI is InChI=1S/C25H15Cl2F3N4O3/c1-36-15-7-8-19-16(11-15)20(21(35)24-33-32-23(37-24)18-4-2-3-9-31-18)22(25(28,29)30)34(19)12-13-5-6-14(26)10-17(13)27/h2-11H,12H2,1H3. The molecule has 0 fully saturated rings. The van der Waals surface area contributed by atoms with Crippen LogP contribution in [0.3, 0.4) is 0 Å². The fourth-order valence-corrected chi connectivity index (χ4v) is 4.45. The average molecular weight is 547 g/mol. The molecule has 0 bridgehead atoms. The lowest BCUT2D eigenvalue weighted by Crippen LogP contribution is -2.19. The maximum Gasteiger partial charge on any atom is 0.432 e. The number of hydrogen-bond donors (Lipinski definition) is 0. The van der Waals surface area contributed by atoms with Gasteiger partial charge in [0.1, 0.15) is 17.1 Å². The normalized spacial score (nSPS) is 11.7. The van der Waals surface area contributed by atoms with Gasteiger partial charge in [0.05, 0.1) is 12.7 Å². The van der Waals surface area contributed by atoms with Gasteiger partial charge >= 0.3 is 6.18 Å². The van der Waals surface area contributed by atoms with Crippen LogP contribution in [-0.2, 0) is 12.7 Å². The number of carbonyl (C=O) groups is 1. The zero-order valence-electron chi connectivity index (χ0n) is 18.9. The molecule has 0 saturated heterocycles. The molecule has 37 heavy (non-hydrogen) atoms. The van der Waals surface area contributed by atoms with Gasteiger partial charge in [-0.3, -0.25) is 9.78 Å². The molecule has 0 amide bonds. The summed E-state index contributed by atoms with van der Waals surface area (Å²) in [5.41, 5.74) is -1.07. The molecule has 0 aliphatic heterocycles. The summed E-state index contributed by atoms with van der Waals surface area (Å²) in [4.78, 5) is 17.6. The van der Waals surface area contributed by atoms with E-state index in [1.807, 2.05) is 0 Å². The molecular weight excluding hydrogens is 532 g/mol. The maximum atomic E-state index is 14.6. The van der Waals surface area contributed by atoms with Crippen LogP contribution in [-0.4, -0.2) is 32.6 Å². The van der Waals surface area contributed by atoms with Crippen molar-refractivity contribution in [2.24, 2.45) is 0 Å². The third-order valence-corrected chi connectivity index (χ3v) is 6.20. The molecule has 3 heterocycles. The van der Waals surface area contributed by atoms with Gasteiger partial charge in [0, 0.05) is 33.7 Å². The van der Waals surface area contributed by atoms with E-state index >= 15 is 0 Å². The van der Waals surface area contributed by atoms with Crippen molar-refractivity contribution in [3.8, 4) is 17.3 Å². The minimum absolute atomic E-state index is 0.000605. The first kappa shape index (κ1) is 24.8. The largest absolute Gasteiger partial charge is 0.497 e. The lowest BCUT2D eigenvalue weighted by atomic mass is 10.1. The number of aromatic nitrogens is 4. The second-order valence-corrected chi connectivity index (χ2v) is 8.73. The minimum atomic E-state index is -4.93. The number of hydrogen-bond acceptors (Lipinski definition) is 6. The number of ketones is 1. The van der Waals surface area contributed by atoms with E-state index in [0.29, 0.717) is 10.6 Å². The second kappa shape index (κ2) is 9.53. The van der Waals surface area contributed by atoms with Crippen molar-refractivity contribution in [3.63, 3.8) is 0 Å². The van der Waals surface area contributed by atoms with E-state index < -0.39 is 29.1 Å². The molecule has 0 radical (unpaired) electrons. The van der Waals surface area contributed by atoms with Crippen molar-refractivity contribution in [2.45, 2.75) is 12.7 Å². The Morgan fingerprint density at radius 1 is 1.08 bits per heavy atom. The summed E-state index contributed by atoms with van der Waals surface area (Å²) < 4.78 is 55.5. The van der Waals surface area contributed by atoms with E-state index in [4.69, 9.17) is 32.4 Å². The Labute approximate surface area is 217 Å². The predicted octanol–water partition coefficient (Wildman–Crippen LogP) is 6.70. The lowest BCUT2D eigenvalue weighted by molar-refractivity contribution is -0.143. The van der Waals surface area contributed by atoms with Crippen molar-refractivity contribution >= 4 is 39.9 Å². The van der Waals surface area contributed by atoms with Crippen LogP contribution in [0.2, 0.25) is 10.0 Å². The fraction of sp³-hybridized carbons (Fsp3) is 0.120. The molecule has 0 spiro atoms. The Kier molecular flexibility index (Phi) is 6.38. The molecule has 3 aromatic heterocycles. The van der Waals surface area contributed by atoms with Crippen molar-refractivity contribution in [1.29, 1.82) is 0 Å². The second-order valence-electron chi connectivity index (χ2n) is 7.88. The van der Waals surface area contributed by atoms with Crippen LogP contribution in [0, 0.1) is 0 Å². The predicted molar refractivity (Wildman–Crippen MR) is 130 cm³/mol. The van der Waals surface area contributed by atoms with Crippen LogP contribution in [0.4, 0.5) is 13.2 Å². The van der Waals surface area contributed by atoms with Crippen molar-refractivity contribution in [2.75, 3.05) is 7.11 Å². The number of carbonyl (C=O) groups excluding carboxylic acids is 1. The summed E-state index contributed by atoms with van der Waals surface area (Å²) >= 11 is 12.2. The monoisotopic (exact) mass is 546 g/mol. The van der Waals surface area contributed by atoms with Crippen LogP contribution in [0.1, 0.15) is 27.5 Å². The van der Waals surface area contributed by atoms with E-state index in [0.717, 1.165) is 4.57 Å². The molecule has 0 saturated carbocycles. The molecule has 2 aromatic carbocycles. The van der Waals surface area contributed by atoms with Gasteiger partial charge in [0.15, 0.2) is 0 Å². The topological polar surface area (TPSA) is 83.0 Å². The summed E-state index contributed by atoms with van der Waals surface area (Å²) in [6, 6.07) is 13.7. The van der Waals surface area contributed by atoms with Gasteiger partial charge in [-0.1, -0.05) is 35.3 Å². The van der Waals surface area contributed by atoms with Gasteiger partial charge in [-0.2, -0.15) is 13.2 Å². The molecule has 0 aliphatic rings. The molecule has 0 aliphatic carbocycles. The Hall–Kier alpha value is -3.89. The van der Waals surface area contributed by atoms with E-state index in [9.17, 15) is 18.0 Å². The summed E-state index contributed by atoms with van der Waals surface area (Å²) in [7, 11) is 1.37. The van der Waals surface area contributed by atoms with Crippen LogP contribution in [0.25, 0.3) is 22.5 Å². The molecule has 12 heteroatoms. The summed E-state index contributed by atoms with van der Waals surface area (Å²) in [5.74, 6) is -1.55. The quantitative estimate of drug-likeness (QED) is 0.220. The van der Waals surface area contributed by atoms with Crippen LogP contribution in [0.15, 0.2) is 65.2 Å². The molecule has 0 N–H and O–H groups in total. The summed E-state index contributed by atoms with van der Waals surface area (Å²) in [6.45, 7) is -0.288. The highest BCUT2D eigenvalue weighted by molar-refractivity contribution is 6.35. The van der Waals surface area contributed by atoms with Gasteiger partial charge in [-0.15, -0.1) is 10.2 Å². The van der Waals surface area contributed by atoms with Crippen LogP contribution < -0.4 is 4.74 Å². The number of rotatable bonds is 6. The van der Waals surface area contributed by atoms with Gasteiger partial charge in [-0.05, 0) is 48.0 Å². The highest BCUT2D eigenvalue weighted by atomic mass is 35.5. The number of ether oxygens (including phenoxy) is 1. The van der Waals surface area contributed by atoms with Crippen molar-refractivity contribution in [3.05, 3.63) is 93.6 Å². The zero-order chi connectivity index (χ0) is 26.3. The molecular formula is C25H15Cl2F3N4O3. The lowest BCUT2D eigenvalue weighted by Gasteiger charge is -2.15. The third-order valence-electron chi connectivity index (χ3n) is 5.61. The molecule has 5 aromatic rings. The number of pyridine rings is 1. The number of methoxy groups -OCH3 is 1. The van der Waals surface area contributed by atoms with Gasteiger partial charge < -0.3 is 13.7 Å². The van der Waals surface area contributed by atoms with Crippen LogP contribution >= 0.6 is 23.2 Å². The number of alkyl halides is 3. The first-order chi connectivity index (χ1) is 17.7. The van der Waals surface area contributed by atoms with Crippen LogP contribution in [0.5, 0.6) is 5.75 Å². The number of benzene rings is 2. The van der Waals surface area contributed by atoms with Crippen molar-refractivity contribution in [1.82, 2.24) is 19.7 Å². The van der Waals surface area contributed by atoms with Gasteiger partial charge in [0.25, 0.3) is 17.6 Å². The molecule has 7 nitrogen and oxygen atoms in total. The van der Waals surface area contributed by atoms with E-state index in [1.54, 1.807) is 18.2 Å². The third kappa shape index (κ3) is 4.65. The highest BCUT2D eigenvalue weighted by Crippen LogP contribution is 2.41. The molecule has 0 atom stereocenters. The smallest absolute Gasteiger partial charge is 0.432 e. The maximum absolute atomic E-state index is 14.6. The molecule has 188 valence electrons. The summed E-state index contributed by atoms with van der Waals surface area (Å²) in [6.07, 6.45) is -3.45. The van der Waals surface area contributed by atoms with E-state index in [-0.39, 0.29) is 39.8 Å². The zero-order valence-corrected chi connectivity index (χ0v) is 20.4. The Morgan fingerprint density at radius 3 is 2.57 bits per heavy atom. The average Bonchev–Trinajstić information content (AvgIpc) is 3.49. The van der Waals surface area contributed by atoms with Crippen molar-refractivity contribution < 1.29 is 27.1 Å². The van der Waals surface area contributed by atoms with E-state index in [1.165, 1.54) is 49.7 Å². The van der Waals surface area contributed by atoms with Gasteiger partial charge in [0.2, 0.25) is 0 Å². The Balaban J connectivity index is 1.73. The molecule has 5 rings (SSSR count). The number of halogens is 5. The minimum Gasteiger partial charge on any atom is -0.497 e. The van der Waals surface area contributed by atoms with Gasteiger partial charge in [-0.25, -0.2) is 0 Å². The Bertz CT molecular complexity index is 1630. The molecule has 0 unspecified atom stereocenters. The highest BCUT2D eigenvalue weighted by Gasteiger charge is 2.42. The number of fused-ring (bicyclic) bond motifs is 1. The summed E-state index contributed by atoms with van der Waals surface area (Å²) in [5, 5.41) is 8.02. The Morgan fingerprint density at radius 2 is 1.89 bits per heavy atom. The first-order valence-corrected chi connectivity index (χ1v) is 11.4. The fourth-order valence-electron chi connectivity index (χ4n) is 3.98. The number of nitrogens with zero attached hydrogens (tertiary/aromatic N) is 4. The van der Waals surface area contributed by atoms with E-state index in [2.05, 4.69) is 15.2 Å². The SMILES string of the molecule is COc1ccc2c(c1)c(C(=O)c1nnc(-c3ccccn3)o1)c(C(F)(F)F)n2Cc1ccc(Cl)cc1Cl.